The smallest absolute Gasteiger partial charge is 0.323 e. The van der Waals surface area contributed by atoms with Crippen molar-refractivity contribution in [2.45, 2.75) is 20.8 Å². The summed E-state index contributed by atoms with van der Waals surface area (Å²) in [5, 5.41) is 20.7. The second-order valence-corrected chi connectivity index (χ2v) is 6.61. The Kier molecular flexibility index (Phi) is 7.67. The number of rotatable bonds is 6. The molecule has 0 atom stereocenters. The van der Waals surface area contributed by atoms with Crippen LogP contribution in [-0.2, 0) is 0 Å². The second-order valence-electron chi connectivity index (χ2n) is 6.61. The van der Waals surface area contributed by atoms with Crippen LogP contribution in [0.25, 0.3) is 0 Å². The lowest BCUT2D eigenvalue weighted by molar-refractivity contribution is 0.262. The topological polar surface area (TPSA) is 195 Å². The van der Waals surface area contributed by atoms with Crippen molar-refractivity contribution >= 4 is 40.7 Å². The number of carbonyl (C=O) groups is 1. The van der Waals surface area contributed by atoms with Gasteiger partial charge in [-0.25, -0.2) is 4.79 Å². The molecule has 0 heterocycles. The third kappa shape index (κ3) is 7.16. The second kappa shape index (κ2) is 10.4. The molecule has 0 aromatic heterocycles. The number of nitrogens with zero attached hydrogens (tertiary/aromatic N) is 4. The lowest BCUT2D eigenvalue weighted by atomic mass is 10.0. The minimum atomic E-state index is -0.378. The highest BCUT2D eigenvalue weighted by Gasteiger charge is 2.07. The standard InChI is InChI=1S/C20H26N10O/c1-11-10-16(8-9-17(11)13(3)28-30-19(23)24)26-20(31)25-15-6-4-14(5-7-15)12(2)27-29-18(21)22/h4-10H,1-3H3,(H4,21,22,29)(H4,23,24,30)(H2,25,26,31)/b27-12-,28-13+. The van der Waals surface area contributed by atoms with Crippen LogP contribution in [0.1, 0.15) is 30.5 Å². The summed E-state index contributed by atoms with van der Waals surface area (Å²) in [5.74, 6) is -0.231. The van der Waals surface area contributed by atoms with Gasteiger partial charge >= 0.3 is 6.03 Å². The molecule has 0 saturated heterocycles. The molecule has 11 nitrogen and oxygen atoms in total. The van der Waals surface area contributed by atoms with Crippen LogP contribution in [0.15, 0.2) is 62.9 Å². The maximum Gasteiger partial charge on any atom is 0.323 e. The first-order chi connectivity index (χ1) is 14.7. The largest absolute Gasteiger partial charge is 0.369 e. The number of hydrogen-bond donors (Lipinski definition) is 6. The first-order valence-electron chi connectivity index (χ1n) is 9.21. The highest BCUT2D eigenvalue weighted by atomic mass is 16.2. The summed E-state index contributed by atoms with van der Waals surface area (Å²) in [6, 6.07) is 12.2. The molecule has 0 aliphatic rings. The van der Waals surface area contributed by atoms with Crippen molar-refractivity contribution in [2.75, 3.05) is 10.6 Å². The number of aryl methyl sites for hydroxylation is 1. The van der Waals surface area contributed by atoms with E-state index in [2.05, 4.69) is 31.0 Å². The van der Waals surface area contributed by atoms with E-state index >= 15 is 0 Å². The fourth-order valence-corrected chi connectivity index (χ4v) is 2.61. The Morgan fingerprint density at radius 2 is 1.26 bits per heavy atom. The quantitative estimate of drug-likeness (QED) is 0.233. The highest BCUT2D eigenvalue weighted by Crippen LogP contribution is 2.17. The molecule has 2 aromatic carbocycles. The normalized spacial score (nSPS) is 11.5. The summed E-state index contributed by atoms with van der Waals surface area (Å²) in [6.07, 6.45) is 0. The molecule has 2 amide bonds. The molecule has 2 rings (SSSR count). The van der Waals surface area contributed by atoms with Crippen molar-refractivity contribution < 1.29 is 4.79 Å². The Hall–Kier alpha value is -4.41. The minimum Gasteiger partial charge on any atom is -0.369 e. The zero-order chi connectivity index (χ0) is 23.0. The summed E-state index contributed by atoms with van der Waals surface area (Å²) >= 11 is 0. The molecule has 2 aromatic rings. The van der Waals surface area contributed by atoms with Gasteiger partial charge in [0.25, 0.3) is 0 Å². The average molecular weight is 422 g/mol. The van der Waals surface area contributed by atoms with E-state index in [0.29, 0.717) is 22.8 Å². The molecular formula is C20H26N10O. The first-order valence-corrected chi connectivity index (χ1v) is 9.21. The number of nitrogens with two attached hydrogens (primary N) is 4. The van der Waals surface area contributed by atoms with Crippen LogP contribution < -0.4 is 33.6 Å². The SMILES string of the molecule is C/C(=N/N=C(N)N)c1ccc(NC(=O)Nc2ccc(/C(C)=N/N=C(N)N)c(C)c2)cc1. The van der Waals surface area contributed by atoms with Crippen molar-refractivity contribution in [3.63, 3.8) is 0 Å². The van der Waals surface area contributed by atoms with Crippen molar-refractivity contribution in [2.24, 2.45) is 43.3 Å². The number of guanidine groups is 2. The van der Waals surface area contributed by atoms with E-state index < -0.39 is 0 Å². The fraction of sp³-hybridized carbons (Fsp3) is 0.150. The van der Waals surface area contributed by atoms with Crippen LogP contribution in [0.3, 0.4) is 0 Å². The number of urea groups is 1. The predicted octanol–water partition coefficient (Wildman–Crippen LogP) is 1.63. The minimum absolute atomic E-state index is 0.115. The predicted molar refractivity (Wildman–Crippen MR) is 126 cm³/mol. The van der Waals surface area contributed by atoms with Crippen LogP contribution in [0.2, 0.25) is 0 Å². The molecule has 10 N–H and O–H groups in total. The third-order valence-corrected chi connectivity index (χ3v) is 4.07. The van der Waals surface area contributed by atoms with Crippen molar-refractivity contribution in [1.82, 2.24) is 0 Å². The Bertz CT molecular complexity index is 1060. The number of hydrogen-bond acceptors (Lipinski definition) is 5. The lowest BCUT2D eigenvalue weighted by Gasteiger charge is -2.11. The lowest BCUT2D eigenvalue weighted by Crippen LogP contribution is -2.22. The molecule has 0 aliphatic heterocycles. The van der Waals surface area contributed by atoms with Gasteiger partial charge in [0.15, 0.2) is 0 Å². The van der Waals surface area contributed by atoms with E-state index in [1.807, 2.05) is 19.1 Å². The van der Waals surface area contributed by atoms with Gasteiger partial charge < -0.3 is 33.6 Å². The molecule has 0 spiro atoms. The summed E-state index contributed by atoms with van der Waals surface area (Å²) in [7, 11) is 0. The Labute approximate surface area is 180 Å². The van der Waals surface area contributed by atoms with Crippen LogP contribution in [0.4, 0.5) is 16.2 Å². The third-order valence-electron chi connectivity index (χ3n) is 4.07. The van der Waals surface area contributed by atoms with E-state index in [9.17, 15) is 4.79 Å². The van der Waals surface area contributed by atoms with Crippen molar-refractivity contribution in [3.05, 3.63) is 59.2 Å². The van der Waals surface area contributed by atoms with Gasteiger partial charge in [-0.15, -0.1) is 10.2 Å². The van der Waals surface area contributed by atoms with Crippen LogP contribution in [0, 0.1) is 6.92 Å². The zero-order valence-electron chi connectivity index (χ0n) is 17.5. The fourth-order valence-electron chi connectivity index (χ4n) is 2.61. The van der Waals surface area contributed by atoms with E-state index in [1.165, 1.54) is 0 Å². The molecule has 11 heteroatoms. The van der Waals surface area contributed by atoms with Gasteiger partial charge in [-0.2, -0.15) is 10.2 Å². The number of amides is 2. The van der Waals surface area contributed by atoms with Crippen molar-refractivity contribution in [3.8, 4) is 0 Å². The Morgan fingerprint density at radius 3 is 1.81 bits per heavy atom. The molecule has 162 valence electrons. The monoisotopic (exact) mass is 422 g/mol. The maximum atomic E-state index is 12.3. The number of carbonyl (C=O) groups excluding carboxylic acids is 1. The van der Waals surface area contributed by atoms with Crippen LogP contribution >= 0.6 is 0 Å². The summed E-state index contributed by atoms with van der Waals surface area (Å²) in [6.45, 7) is 5.47. The van der Waals surface area contributed by atoms with Crippen molar-refractivity contribution in [1.29, 1.82) is 0 Å². The van der Waals surface area contributed by atoms with Gasteiger partial charge in [-0.1, -0.05) is 18.2 Å². The Morgan fingerprint density at radius 1 is 0.742 bits per heavy atom. The molecule has 0 aliphatic carbocycles. The Balaban J connectivity index is 2.04. The van der Waals surface area contributed by atoms with E-state index in [1.54, 1.807) is 44.2 Å². The first kappa shape index (κ1) is 22.9. The molecule has 0 bridgehead atoms. The van der Waals surface area contributed by atoms with Gasteiger partial charge in [0, 0.05) is 16.9 Å². The highest BCUT2D eigenvalue weighted by molar-refractivity contribution is 6.03. The number of anilines is 2. The molecule has 31 heavy (non-hydrogen) atoms. The van der Waals surface area contributed by atoms with Gasteiger partial charge in [-0.05, 0) is 56.2 Å². The summed E-state index contributed by atoms with van der Waals surface area (Å²) in [4.78, 5) is 12.3. The molecule has 0 saturated carbocycles. The van der Waals surface area contributed by atoms with Crippen LogP contribution in [-0.4, -0.2) is 29.4 Å². The number of benzene rings is 2. The zero-order valence-corrected chi connectivity index (χ0v) is 17.5. The molecule has 0 fully saturated rings. The molecule has 0 radical (unpaired) electrons. The molecule has 0 unspecified atom stereocenters. The summed E-state index contributed by atoms with van der Waals surface area (Å²) in [5.41, 5.74) is 26.2. The van der Waals surface area contributed by atoms with E-state index in [4.69, 9.17) is 22.9 Å². The van der Waals surface area contributed by atoms with Gasteiger partial charge in [0.05, 0.1) is 11.4 Å². The van der Waals surface area contributed by atoms with E-state index in [-0.39, 0.29) is 18.0 Å². The average Bonchev–Trinajstić information content (AvgIpc) is 2.70. The number of nitrogens with one attached hydrogen (secondary N) is 2. The van der Waals surface area contributed by atoms with E-state index in [0.717, 1.165) is 16.7 Å². The maximum absolute atomic E-state index is 12.3. The summed E-state index contributed by atoms with van der Waals surface area (Å²) < 4.78 is 0. The van der Waals surface area contributed by atoms with Crippen LogP contribution in [0.5, 0.6) is 0 Å². The van der Waals surface area contributed by atoms with Gasteiger partial charge in [0.1, 0.15) is 0 Å². The molecular weight excluding hydrogens is 396 g/mol. The van der Waals surface area contributed by atoms with Gasteiger partial charge in [-0.3, -0.25) is 0 Å². The van der Waals surface area contributed by atoms with Gasteiger partial charge in [0.2, 0.25) is 11.9 Å².